The van der Waals surface area contributed by atoms with E-state index in [0.29, 0.717) is 5.54 Å². The van der Waals surface area contributed by atoms with E-state index in [4.69, 9.17) is 4.74 Å². The molecule has 19 heavy (non-hydrogen) atoms. The molecule has 0 aromatic heterocycles. The first-order valence-electron chi connectivity index (χ1n) is 7.10. The van der Waals surface area contributed by atoms with Crippen molar-refractivity contribution >= 4 is 27.1 Å². The second kappa shape index (κ2) is 3.69. The van der Waals surface area contributed by atoms with Gasteiger partial charge in [-0.25, -0.2) is 0 Å². The number of esters is 2. The molecule has 1 saturated carbocycles. The molecule has 2 fully saturated rings. The zero-order valence-corrected chi connectivity index (χ0v) is 14.3. The lowest BCUT2D eigenvalue weighted by Gasteiger charge is -2.43. The van der Waals surface area contributed by atoms with Crippen LogP contribution in [0.25, 0.3) is 0 Å². The number of hydrogen-bond donors (Lipinski definition) is 0. The summed E-state index contributed by atoms with van der Waals surface area (Å²) in [4.78, 5) is 23.9. The number of carbonyl (C=O) groups excluding carboxylic acids is 2. The quantitative estimate of drug-likeness (QED) is 0.340. The Morgan fingerprint density at radius 2 is 1.32 bits per heavy atom. The van der Waals surface area contributed by atoms with Crippen LogP contribution in [-0.4, -0.2) is 27.1 Å². The smallest absolute Gasteiger partial charge is 0.318 e. The molecule has 3 nitrogen and oxygen atoms in total. The summed E-state index contributed by atoms with van der Waals surface area (Å²) in [5.74, 6) is -0.342. The summed E-state index contributed by atoms with van der Waals surface area (Å²) in [6, 6.07) is 0. The van der Waals surface area contributed by atoms with E-state index in [1.54, 1.807) is 0 Å². The zero-order chi connectivity index (χ0) is 14.2. The molecule has 3 aliphatic rings. The van der Waals surface area contributed by atoms with Gasteiger partial charge in [-0.15, -0.1) is 0 Å². The molecule has 1 aliphatic heterocycles. The van der Waals surface area contributed by atoms with Crippen LogP contribution < -0.4 is 0 Å². The van der Waals surface area contributed by atoms with Crippen molar-refractivity contribution in [3.63, 3.8) is 0 Å². The average molecular weight is 294 g/mol. The van der Waals surface area contributed by atoms with Gasteiger partial charge in [0.15, 0.2) is 0 Å². The maximum Gasteiger partial charge on any atom is 0.318 e. The van der Waals surface area contributed by atoms with Gasteiger partial charge in [-0.1, -0.05) is 44.9 Å². The highest BCUT2D eigenvalue weighted by molar-refractivity contribution is 7.40. The van der Waals surface area contributed by atoms with E-state index >= 15 is 0 Å². The number of hydrogen-bond acceptors (Lipinski definition) is 3. The van der Waals surface area contributed by atoms with Crippen molar-refractivity contribution in [3.05, 3.63) is 12.2 Å². The first-order chi connectivity index (χ1) is 8.66. The topological polar surface area (TPSA) is 43.4 Å². The number of carbonyl (C=O) groups is 2. The Morgan fingerprint density at radius 3 is 1.68 bits per heavy atom. The minimum absolute atomic E-state index is 0.171. The van der Waals surface area contributed by atoms with Gasteiger partial charge < -0.3 is 4.74 Å². The van der Waals surface area contributed by atoms with Crippen LogP contribution in [0.15, 0.2) is 12.2 Å². The SMILES string of the molecule is C[Si](C)(C)[Si](C)(C)C1C2C=CC1C1C(=O)OC(=O)C21. The fraction of sp³-hybridized carbons (Fsp3) is 0.714. The Morgan fingerprint density at radius 1 is 0.895 bits per heavy atom. The monoisotopic (exact) mass is 294 g/mol. The summed E-state index contributed by atoms with van der Waals surface area (Å²) in [5, 5.41) is 0. The number of rotatable bonds is 2. The standard InChI is InChI=1S/C14H22O3Si2/c1-18(2,3)19(4,5)12-8-6-7-9(12)11-10(8)13(15)17-14(11)16/h6-12H,1-5H3. The van der Waals surface area contributed by atoms with Gasteiger partial charge in [0.05, 0.1) is 11.8 Å². The fourth-order valence-corrected chi connectivity index (χ4v) is 11.9. The van der Waals surface area contributed by atoms with Crippen molar-refractivity contribution in [3.8, 4) is 0 Å². The number of ether oxygens (including phenoxy) is 1. The van der Waals surface area contributed by atoms with Gasteiger partial charge in [0, 0.05) is 15.2 Å². The number of fused-ring (bicyclic) bond motifs is 5. The Hall–Kier alpha value is -0.686. The molecule has 0 radical (unpaired) electrons. The molecule has 0 aromatic carbocycles. The predicted octanol–water partition coefficient (Wildman–Crippen LogP) is 2.61. The van der Waals surface area contributed by atoms with Crippen LogP contribution in [-0.2, 0) is 14.3 Å². The molecule has 0 amide bonds. The molecule has 0 N–H and O–H groups in total. The van der Waals surface area contributed by atoms with Gasteiger partial charge in [0.25, 0.3) is 0 Å². The van der Waals surface area contributed by atoms with Gasteiger partial charge in [0.1, 0.15) is 0 Å². The van der Waals surface area contributed by atoms with Crippen molar-refractivity contribution in [1.29, 1.82) is 0 Å². The molecule has 104 valence electrons. The highest BCUT2D eigenvalue weighted by atomic mass is 29.3. The molecule has 4 unspecified atom stereocenters. The summed E-state index contributed by atoms with van der Waals surface area (Å²) in [6.45, 7) is 12.2. The fourth-order valence-electron chi connectivity index (χ4n) is 4.22. The second-order valence-corrected chi connectivity index (χ2v) is 24.8. The van der Waals surface area contributed by atoms with Crippen LogP contribution >= 0.6 is 0 Å². The average Bonchev–Trinajstić information content (AvgIpc) is 2.88. The van der Waals surface area contributed by atoms with E-state index in [1.807, 2.05) is 0 Å². The summed E-state index contributed by atoms with van der Waals surface area (Å²) in [7, 11) is -2.69. The summed E-state index contributed by atoms with van der Waals surface area (Å²) >= 11 is 0. The van der Waals surface area contributed by atoms with Crippen LogP contribution in [0.1, 0.15) is 0 Å². The van der Waals surface area contributed by atoms with E-state index in [9.17, 15) is 9.59 Å². The second-order valence-electron chi connectivity index (χ2n) is 7.83. The van der Waals surface area contributed by atoms with Gasteiger partial charge >= 0.3 is 11.9 Å². The Bertz CT molecular complexity index is 459. The third-order valence-electron chi connectivity index (χ3n) is 6.11. The molecule has 3 rings (SSSR count). The minimum Gasteiger partial charge on any atom is -0.393 e. The molecule has 2 bridgehead atoms. The van der Waals surface area contributed by atoms with E-state index < -0.39 is 15.2 Å². The Labute approximate surface area is 116 Å². The van der Waals surface area contributed by atoms with Crippen LogP contribution in [0, 0.1) is 23.7 Å². The molecular formula is C14H22O3Si2. The van der Waals surface area contributed by atoms with Crippen LogP contribution in [0.4, 0.5) is 0 Å². The maximum absolute atomic E-state index is 11.9. The van der Waals surface area contributed by atoms with E-state index in [-0.39, 0.29) is 35.6 Å². The molecule has 1 saturated heterocycles. The highest BCUT2D eigenvalue weighted by Gasteiger charge is 2.66. The first kappa shape index (κ1) is 13.3. The molecule has 1 heterocycles. The molecule has 2 aliphatic carbocycles. The molecule has 4 atom stereocenters. The summed E-state index contributed by atoms with van der Waals surface area (Å²) in [5.41, 5.74) is 0.561. The van der Waals surface area contributed by atoms with Gasteiger partial charge in [0.2, 0.25) is 0 Å². The largest absolute Gasteiger partial charge is 0.393 e. The lowest BCUT2D eigenvalue weighted by Crippen LogP contribution is -2.57. The summed E-state index contributed by atoms with van der Waals surface area (Å²) in [6.07, 6.45) is 4.40. The van der Waals surface area contributed by atoms with Crippen molar-refractivity contribution < 1.29 is 14.3 Å². The minimum atomic E-state index is -1.44. The van der Waals surface area contributed by atoms with Gasteiger partial charge in [-0.05, 0) is 17.4 Å². The van der Waals surface area contributed by atoms with Crippen molar-refractivity contribution in [2.24, 2.45) is 23.7 Å². The third kappa shape index (κ3) is 1.54. The number of cyclic esters (lactones) is 2. The Balaban J connectivity index is 2.01. The lowest BCUT2D eigenvalue weighted by molar-refractivity contribution is -0.154. The molecule has 0 aromatic rings. The highest BCUT2D eigenvalue weighted by Crippen LogP contribution is 2.62. The van der Waals surface area contributed by atoms with Crippen molar-refractivity contribution in [1.82, 2.24) is 0 Å². The number of allylic oxidation sites excluding steroid dienone is 2. The van der Waals surface area contributed by atoms with Crippen molar-refractivity contribution in [2.45, 2.75) is 38.3 Å². The maximum atomic E-state index is 11.9. The van der Waals surface area contributed by atoms with E-state index in [0.717, 1.165) is 0 Å². The predicted molar refractivity (Wildman–Crippen MR) is 78.8 cm³/mol. The summed E-state index contributed by atoms with van der Waals surface area (Å²) < 4.78 is 4.86. The molecular weight excluding hydrogens is 272 g/mol. The van der Waals surface area contributed by atoms with Crippen molar-refractivity contribution in [2.75, 3.05) is 0 Å². The zero-order valence-electron chi connectivity index (χ0n) is 12.3. The Kier molecular flexibility index (Phi) is 2.59. The molecule has 0 spiro atoms. The van der Waals surface area contributed by atoms with Crippen LogP contribution in [0.3, 0.4) is 0 Å². The first-order valence-corrected chi connectivity index (χ1v) is 14.7. The normalized spacial score (nSPS) is 40.8. The molecule has 5 heteroatoms. The lowest BCUT2D eigenvalue weighted by atomic mass is 9.85. The van der Waals surface area contributed by atoms with Crippen LogP contribution in [0.5, 0.6) is 0 Å². The van der Waals surface area contributed by atoms with E-state index in [1.165, 1.54) is 0 Å². The van der Waals surface area contributed by atoms with Gasteiger partial charge in [-0.3, -0.25) is 9.59 Å². The van der Waals surface area contributed by atoms with E-state index in [2.05, 4.69) is 44.9 Å². The third-order valence-corrected chi connectivity index (χ3v) is 25.0. The van der Waals surface area contributed by atoms with Gasteiger partial charge in [-0.2, -0.15) is 0 Å². The van der Waals surface area contributed by atoms with Crippen LogP contribution in [0.2, 0.25) is 38.3 Å².